The van der Waals surface area contributed by atoms with Crippen LogP contribution in [0.3, 0.4) is 0 Å². The molecule has 4 aromatic heterocycles. The zero-order valence-corrected chi connectivity index (χ0v) is 46.6. The van der Waals surface area contributed by atoms with Crippen molar-refractivity contribution in [1.82, 2.24) is 9.97 Å². The van der Waals surface area contributed by atoms with Gasteiger partial charge in [0.25, 0.3) is 0 Å². The zero-order valence-electron chi connectivity index (χ0n) is 46.6. The van der Waals surface area contributed by atoms with Gasteiger partial charge in [-0.2, -0.15) is 0 Å². The predicted molar refractivity (Wildman–Crippen MR) is 361 cm³/mol. The van der Waals surface area contributed by atoms with E-state index < -0.39 is 0 Å². The average Bonchev–Trinajstić information content (AvgIpc) is 1.47. The maximum atomic E-state index is 6.35. The summed E-state index contributed by atoms with van der Waals surface area (Å²) in [6.07, 6.45) is 3.70. The Morgan fingerprint density at radius 3 is 0.860 bits per heavy atom. The quantitative estimate of drug-likeness (QED) is 0.156. The Balaban J connectivity index is 0.000000134. The molecule has 4 heterocycles. The monoisotopic (exact) mass is 1090 g/mol. The molecule has 18 aromatic rings. The normalized spacial score (nSPS) is 11.7. The number of para-hydroxylation sites is 4. The summed E-state index contributed by atoms with van der Waals surface area (Å²) < 4.78 is 12.7. The van der Waals surface area contributed by atoms with Crippen LogP contribution in [-0.2, 0) is 0 Å². The van der Waals surface area contributed by atoms with E-state index in [0.717, 1.165) is 87.9 Å². The third kappa shape index (κ3) is 8.07. The fourth-order valence-electron chi connectivity index (χ4n) is 13.5. The van der Waals surface area contributed by atoms with Crippen molar-refractivity contribution >= 4 is 109 Å². The second-order valence-electron chi connectivity index (χ2n) is 22.2. The molecule has 14 aromatic carbocycles. The summed E-state index contributed by atoms with van der Waals surface area (Å²) in [7, 11) is 0. The minimum absolute atomic E-state index is 0.919. The number of rotatable bonds is 6. The van der Waals surface area contributed by atoms with E-state index in [-0.39, 0.29) is 0 Å². The van der Waals surface area contributed by atoms with Gasteiger partial charge in [-0.05, 0) is 147 Å². The van der Waals surface area contributed by atoms with Gasteiger partial charge in [-0.15, -0.1) is 0 Å². The molecule has 0 N–H and O–H groups in total. The van der Waals surface area contributed by atoms with Crippen molar-refractivity contribution in [2.75, 3.05) is 0 Å². The Hall–Kier alpha value is -11.5. The Labute approximate surface area is 495 Å². The first-order valence-electron chi connectivity index (χ1n) is 29.3. The summed E-state index contributed by atoms with van der Waals surface area (Å²) >= 11 is 0. The molecule has 0 aliphatic rings. The SMILES string of the molecule is c1cnc2ccc(-c3c4ccccc4c(-c4ccc(-c5cccc6c5oc5ccccc56)cc4)c4ccccc34)cc2c1.c1cnc2ccc(-c3c4ccccc4c(-c4ccc(-c5cccc6c5oc5ccccc56)cc4)c4ccccc34)cc2c1. The van der Waals surface area contributed by atoms with Gasteiger partial charge in [0.05, 0.1) is 11.0 Å². The van der Waals surface area contributed by atoms with Crippen molar-refractivity contribution in [1.29, 1.82) is 0 Å². The van der Waals surface area contributed by atoms with Crippen molar-refractivity contribution in [2.24, 2.45) is 0 Å². The smallest absolute Gasteiger partial charge is 0.143 e. The molecule has 0 saturated carbocycles. The van der Waals surface area contributed by atoms with Crippen molar-refractivity contribution in [3.05, 3.63) is 304 Å². The minimum atomic E-state index is 0.919. The first-order valence-corrected chi connectivity index (χ1v) is 29.3. The van der Waals surface area contributed by atoms with Gasteiger partial charge in [0.1, 0.15) is 22.3 Å². The van der Waals surface area contributed by atoms with Gasteiger partial charge in [-0.25, -0.2) is 0 Å². The molecule has 0 atom stereocenters. The lowest BCUT2D eigenvalue weighted by molar-refractivity contribution is 0.669. The molecule has 0 fully saturated rings. The summed E-state index contributed by atoms with van der Waals surface area (Å²) in [5, 5.41) is 16.8. The van der Waals surface area contributed by atoms with E-state index in [4.69, 9.17) is 8.83 Å². The van der Waals surface area contributed by atoms with Gasteiger partial charge in [0, 0.05) is 55.8 Å². The number of fused-ring (bicyclic) bond motifs is 12. The van der Waals surface area contributed by atoms with Crippen molar-refractivity contribution in [3.63, 3.8) is 0 Å². The van der Waals surface area contributed by atoms with Crippen LogP contribution in [0.15, 0.2) is 312 Å². The molecular weight excluding hydrogens is 1040 g/mol. The van der Waals surface area contributed by atoms with Crippen LogP contribution >= 0.6 is 0 Å². The van der Waals surface area contributed by atoms with Crippen LogP contribution in [0.25, 0.3) is 176 Å². The summed E-state index contributed by atoms with van der Waals surface area (Å²) in [6.45, 7) is 0. The lowest BCUT2D eigenvalue weighted by atomic mass is 9.85. The minimum Gasteiger partial charge on any atom is -0.455 e. The van der Waals surface area contributed by atoms with Gasteiger partial charge in [-0.3, -0.25) is 9.97 Å². The van der Waals surface area contributed by atoms with Crippen molar-refractivity contribution < 1.29 is 8.83 Å². The van der Waals surface area contributed by atoms with E-state index in [1.54, 1.807) is 0 Å². The highest BCUT2D eigenvalue weighted by Gasteiger charge is 2.21. The van der Waals surface area contributed by atoms with Crippen LogP contribution in [0, 0.1) is 0 Å². The molecule has 0 unspecified atom stereocenters. The molecule has 0 aliphatic heterocycles. The van der Waals surface area contributed by atoms with E-state index in [0.29, 0.717) is 0 Å². The molecule has 400 valence electrons. The van der Waals surface area contributed by atoms with Gasteiger partial charge in [0.2, 0.25) is 0 Å². The molecule has 0 aliphatic carbocycles. The zero-order chi connectivity index (χ0) is 56.7. The maximum Gasteiger partial charge on any atom is 0.143 e. The van der Waals surface area contributed by atoms with Crippen LogP contribution in [0.2, 0.25) is 0 Å². The highest BCUT2D eigenvalue weighted by atomic mass is 16.3. The molecule has 0 bridgehead atoms. The summed E-state index contributed by atoms with van der Waals surface area (Å²) in [5.74, 6) is 0. The van der Waals surface area contributed by atoms with Crippen LogP contribution in [0.1, 0.15) is 0 Å². The number of hydrogen-bond acceptors (Lipinski definition) is 4. The van der Waals surface area contributed by atoms with E-state index in [2.05, 4.69) is 265 Å². The standard InChI is InChI=1S/2C41H25NO/c2*1-3-13-34-32(11-1)39(33-12-2-4-14-35(33)40(34)29-22-23-37-28(25-29)9-8-24-42-37)27-20-18-26(19-21-27)30-15-7-16-36-31-10-5-6-17-38(31)43-41(30)36/h2*1-25H. The Kier molecular flexibility index (Phi) is 11.5. The number of pyridine rings is 2. The van der Waals surface area contributed by atoms with Crippen molar-refractivity contribution in [2.45, 2.75) is 0 Å². The third-order valence-electron chi connectivity index (χ3n) is 17.4. The van der Waals surface area contributed by atoms with Gasteiger partial charge in [-0.1, -0.05) is 243 Å². The van der Waals surface area contributed by atoms with E-state index in [9.17, 15) is 0 Å². The average molecular weight is 1100 g/mol. The molecule has 4 heteroatoms. The highest BCUT2D eigenvalue weighted by Crippen LogP contribution is 2.47. The topological polar surface area (TPSA) is 52.1 Å². The maximum absolute atomic E-state index is 6.35. The van der Waals surface area contributed by atoms with Gasteiger partial charge < -0.3 is 8.83 Å². The Bertz CT molecular complexity index is 5250. The summed E-state index contributed by atoms with van der Waals surface area (Å²) in [6, 6.07) is 104. The molecule has 0 radical (unpaired) electrons. The molecule has 0 amide bonds. The Morgan fingerprint density at radius 1 is 0.209 bits per heavy atom. The molecule has 4 nitrogen and oxygen atoms in total. The Morgan fingerprint density at radius 2 is 0.500 bits per heavy atom. The predicted octanol–water partition coefficient (Wildman–Crippen LogP) is 22.9. The number of nitrogens with zero attached hydrogens (tertiary/aromatic N) is 2. The second kappa shape index (κ2) is 20.2. The summed E-state index contributed by atoms with van der Waals surface area (Å²) in [5.41, 5.74) is 20.0. The van der Waals surface area contributed by atoms with Gasteiger partial charge >= 0.3 is 0 Å². The third-order valence-corrected chi connectivity index (χ3v) is 17.4. The number of furan rings is 2. The summed E-state index contributed by atoms with van der Waals surface area (Å²) in [4.78, 5) is 9.09. The van der Waals surface area contributed by atoms with Crippen molar-refractivity contribution in [3.8, 4) is 66.8 Å². The van der Waals surface area contributed by atoms with Crippen LogP contribution < -0.4 is 0 Å². The molecular formula is C82H50N2O2. The first-order chi connectivity index (χ1) is 42.7. The first kappa shape index (κ1) is 49.2. The number of hydrogen-bond donors (Lipinski definition) is 0. The van der Waals surface area contributed by atoms with Crippen LogP contribution in [0.4, 0.5) is 0 Å². The van der Waals surface area contributed by atoms with Gasteiger partial charge in [0.15, 0.2) is 0 Å². The van der Waals surface area contributed by atoms with E-state index >= 15 is 0 Å². The molecule has 18 rings (SSSR count). The number of aromatic nitrogens is 2. The molecule has 86 heavy (non-hydrogen) atoms. The van der Waals surface area contributed by atoms with Crippen LogP contribution in [0.5, 0.6) is 0 Å². The molecule has 0 saturated heterocycles. The largest absolute Gasteiger partial charge is 0.455 e. The van der Waals surface area contributed by atoms with Crippen LogP contribution in [-0.4, -0.2) is 9.97 Å². The number of benzene rings is 14. The highest BCUT2D eigenvalue weighted by molar-refractivity contribution is 6.23. The molecule has 0 spiro atoms. The fourth-order valence-corrected chi connectivity index (χ4v) is 13.5. The lowest BCUT2D eigenvalue weighted by Crippen LogP contribution is -1.91. The lowest BCUT2D eigenvalue weighted by Gasteiger charge is -2.18. The van der Waals surface area contributed by atoms with E-state index in [1.165, 1.54) is 87.6 Å². The fraction of sp³-hybridized carbons (Fsp3) is 0. The second-order valence-corrected chi connectivity index (χ2v) is 22.2. The van der Waals surface area contributed by atoms with E-state index in [1.807, 2.05) is 48.8 Å².